The zero-order valence-electron chi connectivity index (χ0n) is 12.8. The molecule has 1 saturated heterocycles. The Kier molecular flexibility index (Phi) is 8.77. The number of ether oxygens (including phenoxy) is 2. The van der Waals surface area contributed by atoms with Crippen molar-refractivity contribution in [3.63, 3.8) is 0 Å². The van der Waals surface area contributed by atoms with Gasteiger partial charge in [-0.25, -0.2) is 0 Å². The van der Waals surface area contributed by atoms with Gasteiger partial charge in [0.05, 0.1) is 19.3 Å². The molecule has 20 heavy (non-hydrogen) atoms. The molecular weight excluding hydrogens is 258 g/mol. The van der Waals surface area contributed by atoms with Crippen LogP contribution < -0.4 is 11.1 Å². The molecule has 6 nitrogen and oxygen atoms in total. The number of hydrogen-bond donors (Lipinski definition) is 2. The first-order valence-electron chi connectivity index (χ1n) is 7.64. The van der Waals surface area contributed by atoms with Crippen LogP contribution in [0.15, 0.2) is 0 Å². The molecule has 3 N–H and O–H groups in total. The van der Waals surface area contributed by atoms with Gasteiger partial charge in [-0.1, -0.05) is 6.92 Å². The Morgan fingerprint density at radius 1 is 1.55 bits per heavy atom. The fourth-order valence-electron chi connectivity index (χ4n) is 2.33. The molecule has 1 aliphatic heterocycles. The number of nitrogens with one attached hydrogen (secondary N) is 1. The molecule has 0 aromatic rings. The maximum atomic E-state index is 12.1. The first-order chi connectivity index (χ1) is 9.72. The van der Waals surface area contributed by atoms with Crippen molar-refractivity contribution >= 4 is 5.91 Å². The van der Waals surface area contributed by atoms with Crippen molar-refractivity contribution in [1.82, 2.24) is 10.2 Å². The van der Waals surface area contributed by atoms with E-state index in [1.165, 1.54) is 0 Å². The predicted molar refractivity (Wildman–Crippen MR) is 78.6 cm³/mol. The molecule has 2 unspecified atom stereocenters. The summed E-state index contributed by atoms with van der Waals surface area (Å²) in [5.74, 6) is 0.0623. The Hall–Kier alpha value is -0.690. The second-order valence-corrected chi connectivity index (χ2v) is 5.02. The fourth-order valence-corrected chi connectivity index (χ4v) is 2.33. The molecule has 1 aliphatic rings. The minimum Gasteiger partial charge on any atom is -0.378 e. The topological polar surface area (TPSA) is 76.8 Å². The van der Waals surface area contributed by atoms with Gasteiger partial charge in [0.1, 0.15) is 6.04 Å². The number of nitrogens with two attached hydrogens (primary N) is 1. The Morgan fingerprint density at radius 2 is 2.35 bits per heavy atom. The van der Waals surface area contributed by atoms with Crippen molar-refractivity contribution in [3.8, 4) is 0 Å². The summed E-state index contributed by atoms with van der Waals surface area (Å²) in [6, 6.07) is -0.185. The lowest BCUT2D eigenvalue weighted by Crippen LogP contribution is -2.54. The van der Waals surface area contributed by atoms with E-state index in [0.717, 1.165) is 25.9 Å². The van der Waals surface area contributed by atoms with E-state index in [2.05, 4.69) is 10.2 Å². The maximum Gasteiger partial charge on any atom is 0.239 e. The van der Waals surface area contributed by atoms with E-state index in [9.17, 15) is 4.79 Å². The van der Waals surface area contributed by atoms with E-state index in [0.29, 0.717) is 32.9 Å². The van der Waals surface area contributed by atoms with Crippen LogP contribution in [0, 0.1) is 0 Å². The van der Waals surface area contributed by atoms with E-state index in [4.69, 9.17) is 15.2 Å². The Bertz CT molecular complexity index is 276. The van der Waals surface area contributed by atoms with E-state index in [1.807, 2.05) is 13.8 Å². The maximum absolute atomic E-state index is 12.1. The second-order valence-electron chi connectivity index (χ2n) is 5.02. The number of rotatable bonds is 9. The number of carbonyl (C=O) groups excluding carboxylic acids is 1. The summed E-state index contributed by atoms with van der Waals surface area (Å²) in [6.45, 7) is 8.67. The molecule has 0 spiro atoms. The lowest BCUT2D eigenvalue weighted by molar-refractivity contribution is -0.132. The third kappa shape index (κ3) is 5.75. The van der Waals surface area contributed by atoms with E-state index in [1.54, 1.807) is 0 Å². The van der Waals surface area contributed by atoms with Crippen LogP contribution in [0.1, 0.15) is 26.7 Å². The normalized spacial score (nSPS) is 21.6. The number of morpholine rings is 1. The highest BCUT2D eigenvalue weighted by molar-refractivity contribution is 5.81. The molecule has 0 saturated carbocycles. The molecule has 0 aliphatic carbocycles. The van der Waals surface area contributed by atoms with Crippen LogP contribution in [0.3, 0.4) is 0 Å². The number of carbonyl (C=O) groups is 1. The Labute approximate surface area is 122 Å². The molecule has 118 valence electrons. The minimum absolute atomic E-state index is 0.0623. The van der Waals surface area contributed by atoms with Crippen molar-refractivity contribution < 1.29 is 14.3 Å². The standard InChI is InChI=1S/C14H29N3O3/c1-3-6-16-14(18)13-11-19-9-8-17(13)7-5-12(10-15)20-4-2/h12-13H,3-11,15H2,1-2H3,(H,16,18). The third-order valence-electron chi connectivity index (χ3n) is 3.49. The van der Waals surface area contributed by atoms with Crippen molar-refractivity contribution in [2.24, 2.45) is 5.73 Å². The van der Waals surface area contributed by atoms with Crippen molar-refractivity contribution in [2.45, 2.75) is 38.8 Å². The first kappa shape index (κ1) is 17.4. The summed E-state index contributed by atoms with van der Waals surface area (Å²) in [4.78, 5) is 14.3. The summed E-state index contributed by atoms with van der Waals surface area (Å²) in [6.07, 6.45) is 1.86. The van der Waals surface area contributed by atoms with Crippen molar-refractivity contribution in [3.05, 3.63) is 0 Å². The zero-order chi connectivity index (χ0) is 14.8. The molecule has 0 aromatic carbocycles. The highest BCUT2D eigenvalue weighted by Gasteiger charge is 2.29. The quantitative estimate of drug-likeness (QED) is 0.622. The highest BCUT2D eigenvalue weighted by Crippen LogP contribution is 2.10. The molecule has 0 radical (unpaired) electrons. The summed E-state index contributed by atoms with van der Waals surface area (Å²) in [5.41, 5.74) is 5.69. The van der Waals surface area contributed by atoms with Crippen LogP contribution in [0.5, 0.6) is 0 Å². The van der Waals surface area contributed by atoms with Crippen LogP contribution in [-0.4, -0.2) is 69.0 Å². The molecular formula is C14H29N3O3. The van der Waals surface area contributed by atoms with Crippen LogP contribution in [0.25, 0.3) is 0 Å². The average Bonchev–Trinajstić information content (AvgIpc) is 2.49. The summed E-state index contributed by atoms with van der Waals surface area (Å²) in [7, 11) is 0. The smallest absolute Gasteiger partial charge is 0.239 e. The highest BCUT2D eigenvalue weighted by atomic mass is 16.5. The van der Waals surface area contributed by atoms with Crippen LogP contribution in [0.2, 0.25) is 0 Å². The molecule has 1 rings (SSSR count). The zero-order valence-corrected chi connectivity index (χ0v) is 12.8. The molecule has 2 atom stereocenters. The molecule has 1 amide bonds. The van der Waals surface area contributed by atoms with Crippen molar-refractivity contribution in [1.29, 1.82) is 0 Å². The van der Waals surface area contributed by atoms with Gasteiger partial charge in [0.25, 0.3) is 0 Å². The first-order valence-corrected chi connectivity index (χ1v) is 7.64. The summed E-state index contributed by atoms with van der Waals surface area (Å²) >= 11 is 0. The minimum atomic E-state index is -0.185. The number of amides is 1. The lowest BCUT2D eigenvalue weighted by Gasteiger charge is -2.35. The lowest BCUT2D eigenvalue weighted by atomic mass is 10.1. The van der Waals surface area contributed by atoms with E-state index in [-0.39, 0.29) is 18.1 Å². The van der Waals surface area contributed by atoms with E-state index >= 15 is 0 Å². The van der Waals surface area contributed by atoms with Gasteiger partial charge in [-0.15, -0.1) is 0 Å². The molecule has 0 bridgehead atoms. The molecule has 1 fully saturated rings. The van der Waals surface area contributed by atoms with Crippen LogP contribution >= 0.6 is 0 Å². The summed E-state index contributed by atoms with van der Waals surface area (Å²) < 4.78 is 11.0. The molecule has 0 aromatic heterocycles. The Morgan fingerprint density at radius 3 is 3.00 bits per heavy atom. The van der Waals surface area contributed by atoms with Crippen molar-refractivity contribution in [2.75, 3.05) is 46.0 Å². The van der Waals surface area contributed by atoms with Gasteiger partial charge in [-0.3, -0.25) is 9.69 Å². The summed E-state index contributed by atoms with van der Waals surface area (Å²) in [5, 5.41) is 2.94. The Balaban J connectivity index is 2.44. The van der Waals surface area contributed by atoms with E-state index < -0.39 is 0 Å². The second kappa shape index (κ2) is 10.1. The van der Waals surface area contributed by atoms with Crippen LogP contribution in [0.4, 0.5) is 0 Å². The SMILES string of the molecule is CCCNC(=O)C1COCCN1CCC(CN)OCC. The number of hydrogen-bond acceptors (Lipinski definition) is 5. The van der Waals surface area contributed by atoms with Gasteiger partial charge in [0.2, 0.25) is 5.91 Å². The fraction of sp³-hybridized carbons (Fsp3) is 0.929. The van der Waals surface area contributed by atoms with Gasteiger partial charge in [0, 0.05) is 32.8 Å². The largest absolute Gasteiger partial charge is 0.378 e. The van der Waals surface area contributed by atoms with Gasteiger partial charge in [0.15, 0.2) is 0 Å². The van der Waals surface area contributed by atoms with Crippen LogP contribution in [-0.2, 0) is 14.3 Å². The predicted octanol–water partition coefficient (Wildman–Crippen LogP) is -0.0327. The monoisotopic (exact) mass is 287 g/mol. The van der Waals surface area contributed by atoms with Gasteiger partial charge in [-0.2, -0.15) is 0 Å². The number of nitrogens with zero attached hydrogens (tertiary/aromatic N) is 1. The average molecular weight is 287 g/mol. The molecule has 6 heteroatoms. The van der Waals surface area contributed by atoms with Gasteiger partial charge < -0.3 is 20.5 Å². The third-order valence-corrected chi connectivity index (χ3v) is 3.49. The van der Waals surface area contributed by atoms with Gasteiger partial charge in [-0.05, 0) is 19.8 Å². The molecule has 1 heterocycles. The van der Waals surface area contributed by atoms with Gasteiger partial charge >= 0.3 is 0 Å².